The number of nitrogens with one attached hydrogen (secondary N) is 3. The van der Waals surface area contributed by atoms with E-state index in [0.717, 1.165) is 32.1 Å². The number of Topliss-reactive ketones (excluding diaryl/α,β-unsaturated/α-hetero) is 1. The van der Waals surface area contributed by atoms with Crippen LogP contribution in [-0.4, -0.2) is 74.6 Å². The fourth-order valence-corrected chi connectivity index (χ4v) is 8.73. The van der Waals surface area contributed by atoms with Gasteiger partial charge in [-0.15, -0.1) is 0 Å². The average Bonchev–Trinajstić information content (AvgIpc) is 3.50. The molecule has 3 aliphatic rings. The minimum Gasteiger partial charge on any atom is -0.468 e. The largest absolute Gasteiger partial charge is 0.468 e. The molecular weight excluding hydrogens is 622 g/mol. The first-order valence-electron chi connectivity index (χ1n) is 17.0. The zero-order valence-corrected chi connectivity index (χ0v) is 29.5. The smallest absolute Gasteiger partial charge is 0.315 e. The molecule has 1 aliphatic heterocycles. The van der Waals surface area contributed by atoms with Crippen LogP contribution in [0.2, 0.25) is 0 Å². The van der Waals surface area contributed by atoms with Crippen molar-refractivity contribution in [2.24, 2.45) is 28.9 Å². The molecule has 1 aromatic rings. The van der Waals surface area contributed by atoms with Gasteiger partial charge in [-0.05, 0) is 61.8 Å². The van der Waals surface area contributed by atoms with Crippen molar-refractivity contribution >= 4 is 40.3 Å². The minimum atomic E-state index is -1.40. The van der Waals surface area contributed by atoms with E-state index in [1.165, 1.54) is 11.2 Å². The van der Waals surface area contributed by atoms with Gasteiger partial charge in [-0.3, -0.25) is 23.4 Å². The third-order valence-electron chi connectivity index (χ3n) is 10.0. The van der Waals surface area contributed by atoms with Gasteiger partial charge in [0.25, 0.3) is 5.91 Å². The lowest BCUT2D eigenvalue weighted by Gasteiger charge is -2.40. The number of rotatable bonds is 13. The van der Waals surface area contributed by atoms with Gasteiger partial charge in [-0.1, -0.05) is 66.7 Å². The number of carbonyl (C=O) groups excluding carboxylic acids is 5. The molecule has 1 aromatic heterocycles. The second kappa shape index (κ2) is 14.9. The number of aryl methyl sites for hydroxylation is 1. The molecule has 13 heteroatoms. The van der Waals surface area contributed by atoms with E-state index in [1.807, 2.05) is 34.6 Å². The van der Waals surface area contributed by atoms with E-state index in [4.69, 9.17) is 10.2 Å². The number of furan rings is 1. The monoisotopic (exact) mass is 675 g/mol. The van der Waals surface area contributed by atoms with Gasteiger partial charge in [0.15, 0.2) is 0 Å². The van der Waals surface area contributed by atoms with Crippen LogP contribution >= 0.6 is 0 Å². The van der Waals surface area contributed by atoms with Gasteiger partial charge in [0.05, 0.1) is 39.3 Å². The van der Waals surface area contributed by atoms with Crippen molar-refractivity contribution in [1.82, 2.24) is 20.9 Å². The number of primary amides is 1. The maximum absolute atomic E-state index is 14.4. The summed E-state index contributed by atoms with van der Waals surface area (Å²) in [6.07, 6.45) is 8.35. The minimum absolute atomic E-state index is 0.0486. The van der Waals surface area contributed by atoms with Gasteiger partial charge in [0.1, 0.15) is 17.8 Å². The van der Waals surface area contributed by atoms with Crippen LogP contribution in [-0.2, 0) is 30.0 Å². The summed E-state index contributed by atoms with van der Waals surface area (Å²) in [7, 11) is -1.40. The third kappa shape index (κ3) is 9.03. The van der Waals surface area contributed by atoms with Gasteiger partial charge < -0.3 is 31.0 Å². The average molecular weight is 676 g/mol. The summed E-state index contributed by atoms with van der Waals surface area (Å²) in [5.41, 5.74) is 3.87. The van der Waals surface area contributed by atoms with Gasteiger partial charge in [0, 0.05) is 6.54 Å². The SMILES string of the molecule is Cc1occc1S(=O)CC1(NC(=O)N[C@H](C(=O)N2CCC(C(C)C)[C@H]2C(=O)NC(CC2CC2)C(=O)C(N)=O)C(C)(C)C)CCCCC1. The molecule has 47 heavy (non-hydrogen) atoms. The lowest BCUT2D eigenvalue weighted by Crippen LogP contribution is -2.63. The Hall–Kier alpha value is -3.22. The van der Waals surface area contributed by atoms with E-state index in [-0.39, 0.29) is 23.5 Å². The van der Waals surface area contributed by atoms with Crippen molar-refractivity contribution in [3.8, 4) is 0 Å². The van der Waals surface area contributed by atoms with E-state index in [1.54, 1.807) is 13.0 Å². The summed E-state index contributed by atoms with van der Waals surface area (Å²) in [5, 5.41) is 8.83. The summed E-state index contributed by atoms with van der Waals surface area (Å²) in [6, 6.07) is -1.74. The van der Waals surface area contributed by atoms with Crippen LogP contribution in [0.5, 0.6) is 0 Å². The summed E-state index contributed by atoms with van der Waals surface area (Å²) >= 11 is 0. The van der Waals surface area contributed by atoms with E-state index >= 15 is 0 Å². The van der Waals surface area contributed by atoms with E-state index in [2.05, 4.69) is 16.0 Å². The number of likely N-dealkylation sites (tertiary alicyclic amines) is 1. The summed E-state index contributed by atoms with van der Waals surface area (Å²) < 4.78 is 18.7. The van der Waals surface area contributed by atoms with Crippen LogP contribution in [0.3, 0.4) is 0 Å². The zero-order valence-electron chi connectivity index (χ0n) is 28.7. The molecule has 2 heterocycles. The molecule has 0 radical (unpaired) electrons. The molecule has 2 saturated carbocycles. The van der Waals surface area contributed by atoms with Crippen LogP contribution < -0.4 is 21.7 Å². The highest BCUT2D eigenvalue weighted by Crippen LogP contribution is 2.36. The molecule has 2 aliphatic carbocycles. The Morgan fingerprint density at radius 2 is 1.72 bits per heavy atom. The molecule has 262 valence electrons. The molecule has 0 spiro atoms. The Morgan fingerprint density at radius 1 is 1.06 bits per heavy atom. The maximum atomic E-state index is 14.4. The molecule has 12 nitrogen and oxygen atoms in total. The first kappa shape index (κ1) is 36.6. The fraction of sp³-hybridized carbons (Fsp3) is 0.735. The number of urea groups is 1. The van der Waals surface area contributed by atoms with Crippen molar-refractivity contribution in [2.45, 2.75) is 128 Å². The van der Waals surface area contributed by atoms with Crippen LogP contribution in [0.1, 0.15) is 98.2 Å². The number of amides is 5. The van der Waals surface area contributed by atoms with E-state index in [9.17, 15) is 28.2 Å². The topological polar surface area (TPSA) is 181 Å². The van der Waals surface area contributed by atoms with Gasteiger partial charge in [-0.2, -0.15) is 0 Å². The molecule has 3 unspecified atom stereocenters. The normalized spacial score (nSPS) is 23.1. The first-order valence-corrected chi connectivity index (χ1v) is 18.3. The Labute approximate surface area is 280 Å². The highest BCUT2D eigenvalue weighted by Gasteiger charge is 2.48. The Balaban J connectivity index is 1.53. The number of hydrogen-bond donors (Lipinski definition) is 4. The number of ketones is 1. The third-order valence-corrected chi connectivity index (χ3v) is 11.8. The lowest BCUT2D eigenvalue weighted by atomic mass is 9.83. The maximum Gasteiger partial charge on any atom is 0.315 e. The van der Waals surface area contributed by atoms with Crippen LogP contribution in [0.4, 0.5) is 4.79 Å². The fourth-order valence-electron chi connectivity index (χ4n) is 7.14. The standard InChI is InChI=1S/C34H53N5O7S/c1-20(2)23-12-16-39(26(23)30(42)36-24(18-22-10-11-22)27(40)29(35)41)31(43)28(33(4,5)6)37-32(44)38-34(14-8-7-9-15-34)19-47(45)25-13-17-46-21(25)3/h13,17,20,22-24,26,28H,7-12,14-16,18-19H2,1-6H3,(H2,35,41)(H,36,42)(H2,37,38,44)/t23?,24?,26-,28+,47?/m0/s1. The van der Waals surface area contributed by atoms with Gasteiger partial charge in [0.2, 0.25) is 17.6 Å². The first-order chi connectivity index (χ1) is 22.0. The Kier molecular flexibility index (Phi) is 11.6. The van der Waals surface area contributed by atoms with Crippen LogP contribution in [0.25, 0.3) is 0 Å². The Morgan fingerprint density at radius 3 is 2.26 bits per heavy atom. The quantitative estimate of drug-likeness (QED) is 0.231. The molecule has 3 fully saturated rings. The summed E-state index contributed by atoms with van der Waals surface area (Å²) in [6.45, 7) is 11.6. The predicted molar refractivity (Wildman–Crippen MR) is 177 cm³/mol. The van der Waals surface area contributed by atoms with E-state index < -0.39 is 69.4 Å². The molecule has 1 saturated heterocycles. The number of nitrogens with two attached hydrogens (primary N) is 1. The van der Waals surface area contributed by atoms with Gasteiger partial charge in [-0.25, -0.2) is 4.79 Å². The van der Waals surface area contributed by atoms with Gasteiger partial charge >= 0.3 is 6.03 Å². The molecule has 4 rings (SSSR count). The zero-order chi connectivity index (χ0) is 34.7. The van der Waals surface area contributed by atoms with Crippen LogP contribution in [0, 0.1) is 30.1 Å². The number of hydrogen-bond acceptors (Lipinski definition) is 7. The van der Waals surface area contributed by atoms with Crippen molar-refractivity contribution < 1.29 is 32.6 Å². The van der Waals surface area contributed by atoms with Crippen LogP contribution in [0.15, 0.2) is 21.6 Å². The highest BCUT2D eigenvalue weighted by molar-refractivity contribution is 7.85. The number of carbonyl (C=O) groups is 5. The summed E-state index contributed by atoms with van der Waals surface area (Å²) in [4.78, 5) is 68.6. The molecule has 0 aromatic carbocycles. The van der Waals surface area contributed by atoms with Crippen molar-refractivity contribution in [2.75, 3.05) is 12.3 Å². The second-order valence-electron chi connectivity index (χ2n) is 15.2. The van der Waals surface area contributed by atoms with Crippen molar-refractivity contribution in [1.29, 1.82) is 0 Å². The molecular formula is C34H53N5O7S. The van der Waals surface area contributed by atoms with Crippen molar-refractivity contribution in [3.05, 3.63) is 18.1 Å². The second-order valence-corrected chi connectivity index (χ2v) is 16.6. The van der Waals surface area contributed by atoms with Crippen molar-refractivity contribution in [3.63, 3.8) is 0 Å². The molecule has 5 atom stereocenters. The lowest BCUT2D eigenvalue weighted by molar-refractivity contribution is -0.144. The molecule has 5 amide bonds. The Bertz CT molecular complexity index is 1360. The number of nitrogens with zero attached hydrogens (tertiary/aromatic N) is 1. The van der Waals surface area contributed by atoms with E-state index in [0.29, 0.717) is 42.9 Å². The molecule has 0 bridgehead atoms. The highest BCUT2D eigenvalue weighted by atomic mass is 32.2. The summed E-state index contributed by atoms with van der Waals surface area (Å²) in [5.74, 6) is -1.92. The predicted octanol–water partition coefficient (Wildman–Crippen LogP) is 3.32. The molecule has 5 N–H and O–H groups in total.